The molecule has 6 rings (SSSR count). The quantitative estimate of drug-likeness (QED) is 0.258. The van der Waals surface area contributed by atoms with Gasteiger partial charge in [0.15, 0.2) is 15.8 Å². The van der Waals surface area contributed by atoms with Gasteiger partial charge in [-0.05, 0) is 55.0 Å². The number of sulfone groups is 1. The molecule has 13 heteroatoms. The van der Waals surface area contributed by atoms with Crippen LogP contribution in [0, 0.1) is 6.92 Å². The van der Waals surface area contributed by atoms with Crippen LogP contribution in [0.1, 0.15) is 5.69 Å². The van der Waals surface area contributed by atoms with Gasteiger partial charge in [0, 0.05) is 42.0 Å². The van der Waals surface area contributed by atoms with Gasteiger partial charge in [0.2, 0.25) is 0 Å². The van der Waals surface area contributed by atoms with E-state index in [0.29, 0.717) is 10.0 Å². The number of hydrogen-bond acceptors (Lipinski definition) is 10. The molecule has 0 atom stereocenters. The van der Waals surface area contributed by atoms with Crippen molar-refractivity contribution >= 4 is 67.4 Å². The second kappa shape index (κ2) is 11.8. The number of rotatable bonds is 4. The average molecular weight is 613 g/mol. The first-order chi connectivity index (χ1) is 19.2. The fraction of sp³-hybridized carbons (Fsp3) is 0.148. The lowest BCUT2D eigenvalue weighted by molar-refractivity contribution is 0.602. The highest BCUT2D eigenvalue weighted by Gasteiger charge is 2.14. The number of guanidine groups is 1. The number of nitrogens with one attached hydrogen (secondary N) is 2. The Morgan fingerprint density at radius 2 is 1.73 bits per heavy atom. The Bertz CT molecular complexity index is 1810. The number of aromatic nitrogens is 4. The number of anilines is 1. The zero-order chi connectivity index (χ0) is 28.3. The second-order valence-electron chi connectivity index (χ2n) is 8.87. The van der Waals surface area contributed by atoms with E-state index < -0.39 is 9.84 Å². The van der Waals surface area contributed by atoms with Crippen LogP contribution in [0.2, 0.25) is 10.0 Å². The van der Waals surface area contributed by atoms with Gasteiger partial charge in [-0.3, -0.25) is 15.0 Å². The van der Waals surface area contributed by atoms with Gasteiger partial charge in [-0.15, -0.1) is 0 Å². The summed E-state index contributed by atoms with van der Waals surface area (Å²) in [5, 5.41) is 7.41. The molecule has 0 spiro atoms. The van der Waals surface area contributed by atoms with E-state index in [-0.39, 0.29) is 4.90 Å². The van der Waals surface area contributed by atoms with Crippen LogP contribution in [0.5, 0.6) is 0 Å². The zero-order valence-corrected chi connectivity index (χ0v) is 24.5. The molecule has 0 unspecified atom stereocenters. The standard InChI is InChI=1S/C18H15ClN2O2S.C9H8ClN5S/c1-12-3-4-14(10-20-12)18-17(9-15(19)11-21-18)13-5-7-16(8-6-13)24(2,22)23;10-5-1-2-6-8(15-16-14-6)7(5)13-9-11-3-4-12-9/h3-11H,1-2H3;1-2H,3-4H2,(H2,11,12,13). The summed E-state index contributed by atoms with van der Waals surface area (Å²) < 4.78 is 31.6. The molecule has 0 saturated heterocycles. The van der Waals surface area contributed by atoms with E-state index in [1.165, 1.54) is 18.0 Å². The Labute approximate surface area is 245 Å². The Hall–Kier alpha value is -3.64. The molecule has 1 aliphatic heterocycles. The number of aliphatic imine (C=N–C) groups is 1. The first-order valence-corrected chi connectivity index (χ1v) is 15.4. The Morgan fingerprint density at radius 3 is 2.40 bits per heavy atom. The van der Waals surface area contributed by atoms with Gasteiger partial charge in [-0.25, -0.2) is 8.42 Å². The van der Waals surface area contributed by atoms with Gasteiger partial charge in [0.25, 0.3) is 0 Å². The normalized spacial score (nSPS) is 12.8. The number of halogens is 2. The minimum atomic E-state index is -3.23. The lowest BCUT2D eigenvalue weighted by Gasteiger charge is -2.10. The molecule has 9 nitrogen and oxygen atoms in total. The molecule has 2 N–H and O–H groups in total. The Balaban J connectivity index is 0.000000174. The van der Waals surface area contributed by atoms with Crippen LogP contribution >= 0.6 is 34.9 Å². The van der Waals surface area contributed by atoms with Crippen LogP contribution < -0.4 is 10.6 Å². The summed E-state index contributed by atoms with van der Waals surface area (Å²) in [6.07, 6.45) is 4.54. The first kappa shape index (κ1) is 27.9. The monoisotopic (exact) mass is 611 g/mol. The summed E-state index contributed by atoms with van der Waals surface area (Å²) in [7, 11) is -3.23. The molecule has 5 aromatic rings. The van der Waals surface area contributed by atoms with Crippen LogP contribution in [-0.2, 0) is 9.84 Å². The number of benzene rings is 2. The van der Waals surface area contributed by atoms with E-state index >= 15 is 0 Å². The summed E-state index contributed by atoms with van der Waals surface area (Å²) >= 11 is 13.4. The summed E-state index contributed by atoms with van der Waals surface area (Å²) in [5.74, 6) is 0.738. The fourth-order valence-corrected chi connectivity index (χ4v) is 5.46. The predicted octanol–water partition coefficient (Wildman–Crippen LogP) is 5.89. The van der Waals surface area contributed by atoms with Gasteiger partial charge in [0.1, 0.15) is 11.0 Å². The number of fused-ring (bicyclic) bond motifs is 1. The minimum Gasteiger partial charge on any atom is -0.354 e. The Morgan fingerprint density at radius 1 is 0.950 bits per heavy atom. The molecule has 204 valence electrons. The lowest BCUT2D eigenvalue weighted by Crippen LogP contribution is -2.26. The van der Waals surface area contributed by atoms with Gasteiger partial charge < -0.3 is 10.6 Å². The van der Waals surface area contributed by atoms with Crippen molar-refractivity contribution in [1.82, 2.24) is 24.0 Å². The van der Waals surface area contributed by atoms with Crippen LogP contribution in [0.25, 0.3) is 33.4 Å². The van der Waals surface area contributed by atoms with E-state index in [2.05, 4.69) is 34.3 Å². The van der Waals surface area contributed by atoms with E-state index in [1.807, 2.05) is 37.3 Å². The molecule has 2 aromatic carbocycles. The molecule has 0 saturated carbocycles. The number of aryl methyl sites for hydroxylation is 1. The zero-order valence-electron chi connectivity index (χ0n) is 21.4. The molecular formula is C27H23Cl2N7O2S2. The minimum absolute atomic E-state index is 0.278. The lowest BCUT2D eigenvalue weighted by atomic mass is 10.0. The van der Waals surface area contributed by atoms with Crippen LogP contribution in [-0.4, -0.2) is 52.4 Å². The topological polar surface area (TPSA) is 122 Å². The molecule has 4 heterocycles. The molecule has 0 aliphatic carbocycles. The highest BCUT2D eigenvalue weighted by molar-refractivity contribution is 7.90. The van der Waals surface area contributed by atoms with Crippen molar-refractivity contribution in [2.45, 2.75) is 11.8 Å². The van der Waals surface area contributed by atoms with Crippen molar-refractivity contribution in [3.05, 3.63) is 82.7 Å². The molecular weight excluding hydrogens is 589 g/mol. The average Bonchev–Trinajstić information content (AvgIpc) is 3.63. The van der Waals surface area contributed by atoms with Crippen molar-refractivity contribution in [3.8, 4) is 22.4 Å². The van der Waals surface area contributed by atoms with Crippen LogP contribution in [0.3, 0.4) is 0 Å². The van der Waals surface area contributed by atoms with E-state index in [1.54, 1.807) is 36.7 Å². The van der Waals surface area contributed by atoms with Crippen molar-refractivity contribution in [1.29, 1.82) is 0 Å². The highest BCUT2D eigenvalue weighted by Crippen LogP contribution is 2.33. The van der Waals surface area contributed by atoms with Crippen LogP contribution in [0.15, 0.2) is 76.9 Å². The summed E-state index contributed by atoms with van der Waals surface area (Å²) in [6.45, 7) is 3.56. The van der Waals surface area contributed by atoms with Crippen LogP contribution in [0.4, 0.5) is 5.69 Å². The predicted molar refractivity (Wildman–Crippen MR) is 162 cm³/mol. The maximum Gasteiger partial charge on any atom is 0.196 e. The molecule has 0 bridgehead atoms. The summed E-state index contributed by atoms with van der Waals surface area (Å²) in [4.78, 5) is 13.3. The third-order valence-electron chi connectivity index (χ3n) is 5.93. The smallest absolute Gasteiger partial charge is 0.196 e. The van der Waals surface area contributed by atoms with Crippen molar-refractivity contribution in [2.24, 2.45) is 4.99 Å². The van der Waals surface area contributed by atoms with Crippen molar-refractivity contribution in [2.75, 3.05) is 24.7 Å². The third kappa shape index (κ3) is 6.39. The van der Waals surface area contributed by atoms with E-state index in [0.717, 1.165) is 63.8 Å². The van der Waals surface area contributed by atoms with E-state index in [9.17, 15) is 8.42 Å². The molecule has 0 fully saturated rings. The van der Waals surface area contributed by atoms with Crippen molar-refractivity contribution in [3.63, 3.8) is 0 Å². The number of pyridine rings is 2. The maximum absolute atomic E-state index is 11.6. The van der Waals surface area contributed by atoms with Gasteiger partial charge in [-0.2, -0.15) is 8.75 Å². The fourth-order valence-electron chi connectivity index (χ4n) is 3.92. The largest absolute Gasteiger partial charge is 0.354 e. The first-order valence-electron chi connectivity index (χ1n) is 12.0. The molecule has 1 aliphatic rings. The van der Waals surface area contributed by atoms with Gasteiger partial charge >= 0.3 is 0 Å². The molecule has 0 amide bonds. The maximum atomic E-state index is 11.6. The van der Waals surface area contributed by atoms with Crippen molar-refractivity contribution < 1.29 is 8.42 Å². The SMILES string of the molecule is Cc1ccc(-c2ncc(Cl)cc2-c2ccc(S(C)(=O)=O)cc2)cn1.Clc1ccc2nsnc2c1NC1=NCCN1. The third-order valence-corrected chi connectivity index (χ3v) is 8.12. The molecule has 3 aromatic heterocycles. The Kier molecular flexibility index (Phi) is 8.27. The number of nitrogens with zero attached hydrogens (tertiary/aromatic N) is 5. The van der Waals surface area contributed by atoms with Gasteiger partial charge in [0.05, 0.1) is 44.6 Å². The summed E-state index contributed by atoms with van der Waals surface area (Å²) in [6, 6.07) is 16.0. The second-order valence-corrected chi connectivity index (χ2v) is 12.3. The van der Waals surface area contributed by atoms with Gasteiger partial charge in [-0.1, -0.05) is 35.3 Å². The molecule has 0 radical (unpaired) electrons. The summed E-state index contributed by atoms with van der Waals surface area (Å²) in [5.41, 5.74) is 6.61. The molecule has 40 heavy (non-hydrogen) atoms. The van der Waals surface area contributed by atoms with E-state index in [4.69, 9.17) is 23.2 Å². The highest BCUT2D eigenvalue weighted by atomic mass is 35.5. The number of hydrogen-bond donors (Lipinski definition) is 2.